The maximum Gasteiger partial charge on any atom is 0.303 e. The number of carbonyl (C=O) groups excluding carboxylic acids is 3. The first kappa shape index (κ1) is 18.3. The van der Waals surface area contributed by atoms with E-state index < -0.39 is 48.6 Å². The van der Waals surface area contributed by atoms with E-state index in [4.69, 9.17) is 23.7 Å². The molecule has 0 aliphatic carbocycles. The molecule has 1 N–H and O–H groups in total. The van der Waals surface area contributed by atoms with Crippen LogP contribution in [-0.4, -0.2) is 67.4 Å². The Morgan fingerprint density at radius 3 is 2.00 bits per heavy atom. The van der Waals surface area contributed by atoms with Crippen molar-refractivity contribution in [3.8, 4) is 0 Å². The van der Waals surface area contributed by atoms with Gasteiger partial charge in [-0.2, -0.15) is 0 Å². The van der Waals surface area contributed by atoms with Crippen molar-refractivity contribution in [2.75, 3.05) is 13.7 Å². The van der Waals surface area contributed by atoms with Gasteiger partial charge in [-0.3, -0.25) is 14.4 Å². The molecule has 1 saturated heterocycles. The van der Waals surface area contributed by atoms with Crippen molar-refractivity contribution in [2.24, 2.45) is 0 Å². The van der Waals surface area contributed by atoms with Crippen molar-refractivity contribution < 1.29 is 43.2 Å². The maximum absolute atomic E-state index is 11.2. The Bertz CT molecular complexity index is 422. The number of hydrogen-bond donors (Lipinski definition) is 1. The smallest absolute Gasteiger partial charge is 0.303 e. The number of aliphatic hydroxyl groups excluding tert-OH is 1. The normalized spacial score (nSPS) is 31.2. The zero-order valence-corrected chi connectivity index (χ0v) is 12.8. The van der Waals surface area contributed by atoms with Gasteiger partial charge in [0.2, 0.25) is 0 Å². The van der Waals surface area contributed by atoms with Gasteiger partial charge in [-0.05, 0) is 0 Å². The van der Waals surface area contributed by atoms with Gasteiger partial charge in [-0.15, -0.1) is 0 Å². The molecule has 1 rings (SSSR count). The van der Waals surface area contributed by atoms with Gasteiger partial charge in [0.25, 0.3) is 0 Å². The summed E-state index contributed by atoms with van der Waals surface area (Å²) in [7, 11) is 1.30. The molecule has 9 heteroatoms. The monoisotopic (exact) mass is 320 g/mol. The van der Waals surface area contributed by atoms with Gasteiger partial charge < -0.3 is 28.8 Å². The molecule has 0 unspecified atom stereocenters. The second-order valence-electron chi connectivity index (χ2n) is 4.72. The Morgan fingerprint density at radius 1 is 1.00 bits per heavy atom. The van der Waals surface area contributed by atoms with Gasteiger partial charge in [-0.25, -0.2) is 0 Å². The quantitative estimate of drug-likeness (QED) is 0.510. The molecular formula is C13H20O9. The van der Waals surface area contributed by atoms with E-state index in [0.29, 0.717) is 0 Å². The Labute approximate surface area is 127 Å². The van der Waals surface area contributed by atoms with Gasteiger partial charge in [0, 0.05) is 27.9 Å². The van der Waals surface area contributed by atoms with Crippen LogP contribution in [-0.2, 0) is 38.1 Å². The molecule has 1 aliphatic rings. The van der Waals surface area contributed by atoms with Crippen LogP contribution >= 0.6 is 0 Å². The predicted molar refractivity (Wildman–Crippen MR) is 69.4 cm³/mol. The van der Waals surface area contributed by atoms with Gasteiger partial charge >= 0.3 is 17.9 Å². The Morgan fingerprint density at radius 2 is 1.55 bits per heavy atom. The van der Waals surface area contributed by atoms with E-state index >= 15 is 0 Å². The molecule has 5 atom stereocenters. The summed E-state index contributed by atoms with van der Waals surface area (Å²) in [6.07, 6.45) is -5.79. The average Bonchev–Trinajstić information content (AvgIpc) is 2.41. The van der Waals surface area contributed by atoms with Crippen LogP contribution in [0.5, 0.6) is 0 Å². The standard InChI is InChI=1S/C13H20O9/c1-6(14)19-5-9-10(17)11(20-7(2)15)12(21-8(3)16)13(18-4)22-9/h9-13,17H,5H2,1-4H3/t9-,10-,11+,12-,13+/m1/s1. The van der Waals surface area contributed by atoms with Crippen molar-refractivity contribution in [1.29, 1.82) is 0 Å². The largest absolute Gasteiger partial charge is 0.463 e. The second-order valence-corrected chi connectivity index (χ2v) is 4.72. The SMILES string of the molecule is CO[C@H]1O[C@H](COC(C)=O)[C@@H](O)[C@H](OC(C)=O)[C@H]1OC(C)=O. The van der Waals surface area contributed by atoms with Crippen molar-refractivity contribution in [1.82, 2.24) is 0 Å². The third-order valence-corrected chi connectivity index (χ3v) is 2.91. The fourth-order valence-corrected chi connectivity index (χ4v) is 2.06. The summed E-state index contributed by atoms with van der Waals surface area (Å²) in [6, 6.07) is 0. The maximum atomic E-state index is 11.2. The molecule has 1 fully saturated rings. The van der Waals surface area contributed by atoms with Crippen molar-refractivity contribution in [3.05, 3.63) is 0 Å². The van der Waals surface area contributed by atoms with E-state index in [-0.39, 0.29) is 6.61 Å². The molecule has 0 aromatic rings. The van der Waals surface area contributed by atoms with Gasteiger partial charge in [0.1, 0.15) is 18.8 Å². The van der Waals surface area contributed by atoms with Crippen LogP contribution < -0.4 is 0 Å². The molecule has 0 saturated carbocycles. The minimum Gasteiger partial charge on any atom is -0.463 e. The molecule has 0 spiro atoms. The predicted octanol–water partition coefficient (Wildman–Crippen LogP) is -0.855. The number of carbonyl (C=O) groups is 3. The molecule has 9 nitrogen and oxygen atoms in total. The highest BCUT2D eigenvalue weighted by atomic mass is 16.7. The Balaban J connectivity index is 2.95. The van der Waals surface area contributed by atoms with E-state index in [1.165, 1.54) is 14.0 Å². The van der Waals surface area contributed by atoms with Crippen LogP contribution in [0.1, 0.15) is 20.8 Å². The fourth-order valence-electron chi connectivity index (χ4n) is 2.06. The third-order valence-electron chi connectivity index (χ3n) is 2.91. The van der Waals surface area contributed by atoms with Crippen LogP contribution in [0.2, 0.25) is 0 Å². The first-order valence-corrected chi connectivity index (χ1v) is 6.60. The summed E-state index contributed by atoms with van der Waals surface area (Å²) >= 11 is 0. The van der Waals surface area contributed by atoms with Crippen LogP contribution in [0, 0.1) is 0 Å². The molecule has 0 bridgehead atoms. The number of aliphatic hydroxyl groups is 1. The summed E-state index contributed by atoms with van der Waals surface area (Å²) in [5.41, 5.74) is 0. The summed E-state index contributed by atoms with van der Waals surface area (Å²) in [5, 5.41) is 10.2. The summed E-state index contributed by atoms with van der Waals surface area (Å²) < 4.78 is 25.3. The van der Waals surface area contributed by atoms with E-state index in [9.17, 15) is 19.5 Å². The highest BCUT2D eigenvalue weighted by molar-refractivity contribution is 5.67. The minimum atomic E-state index is -1.36. The lowest BCUT2D eigenvalue weighted by molar-refractivity contribution is -0.300. The first-order chi connectivity index (χ1) is 10.3. The minimum absolute atomic E-state index is 0.263. The van der Waals surface area contributed by atoms with Crippen LogP contribution in [0.4, 0.5) is 0 Å². The summed E-state index contributed by atoms with van der Waals surface area (Å²) in [4.78, 5) is 33.3. The summed E-state index contributed by atoms with van der Waals surface area (Å²) in [6.45, 7) is 3.25. The highest BCUT2D eigenvalue weighted by Gasteiger charge is 2.49. The van der Waals surface area contributed by atoms with E-state index in [2.05, 4.69) is 0 Å². The molecule has 0 aromatic carbocycles. The molecule has 0 amide bonds. The van der Waals surface area contributed by atoms with Crippen LogP contribution in [0.25, 0.3) is 0 Å². The first-order valence-electron chi connectivity index (χ1n) is 6.60. The van der Waals surface area contributed by atoms with Gasteiger partial charge in [0.05, 0.1) is 0 Å². The average molecular weight is 320 g/mol. The molecule has 0 aromatic heterocycles. The van der Waals surface area contributed by atoms with Crippen LogP contribution in [0.15, 0.2) is 0 Å². The zero-order valence-electron chi connectivity index (χ0n) is 12.8. The molecule has 126 valence electrons. The number of hydrogen-bond acceptors (Lipinski definition) is 9. The molecule has 22 heavy (non-hydrogen) atoms. The van der Waals surface area contributed by atoms with Crippen LogP contribution in [0.3, 0.4) is 0 Å². The number of rotatable bonds is 5. The van der Waals surface area contributed by atoms with Gasteiger partial charge in [0.15, 0.2) is 18.5 Å². The molecule has 1 aliphatic heterocycles. The topological polar surface area (TPSA) is 118 Å². The number of methoxy groups -OCH3 is 1. The molecule has 0 radical (unpaired) electrons. The van der Waals surface area contributed by atoms with E-state index in [1.54, 1.807) is 0 Å². The zero-order chi connectivity index (χ0) is 16.9. The van der Waals surface area contributed by atoms with E-state index in [1.807, 2.05) is 0 Å². The van der Waals surface area contributed by atoms with Crippen molar-refractivity contribution in [3.63, 3.8) is 0 Å². The molecule has 1 heterocycles. The summed E-state index contributed by atoms with van der Waals surface area (Å²) in [5.74, 6) is -1.89. The highest BCUT2D eigenvalue weighted by Crippen LogP contribution is 2.27. The Kier molecular flexibility index (Phi) is 6.72. The van der Waals surface area contributed by atoms with Crippen molar-refractivity contribution >= 4 is 17.9 Å². The Hall–Kier alpha value is -1.71. The number of esters is 3. The lowest BCUT2D eigenvalue weighted by Gasteiger charge is -2.42. The number of ether oxygens (including phenoxy) is 5. The second kappa shape index (κ2) is 8.06. The van der Waals surface area contributed by atoms with E-state index in [0.717, 1.165) is 13.8 Å². The van der Waals surface area contributed by atoms with Crippen molar-refractivity contribution in [2.45, 2.75) is 51.5 Å². The molecular weight excluding hydrogens is 300 g/mol. The lowest BCUT2D eigenvalue weighted by atomic mass is 9.98. The fraction of sp³-hybridized carbons (Fsp3) is 0.769. The van der Waals surface area contributed by atoms with Gasteiger partial charge in [-0.1, -0.05) is 0 Å². The third kappa shape index (κ3) is 4.93. The lowest BCUT2D eigenvalue weighted by Crippen LogP contribution is -2.61.